The predicted octanol–water partition coefficient (Wildman–Crippen LogP) is 0.848. The summed E-state index contributed by atoms with van der Waals surface area (Å²) in [5.74, 6) is 0. The van der Waals surface area contributed by atoms with E-state index in [-0.39, 0.29) is 0 Å². The van der Waals surface area contributed by atoms with E-state index in [2.05, 4.69) is 24.2 Å². The van der Waals surface area contributed by atoms with Gasteiger partial charge < -0.3 is 10.1 Å². The average molecular weight is 198 g/mol. The predicted molar refractivity (Wildman–Crippen MR) is 57.5 cm³/mol. The number of fused-ring (bicyclic) bond motifs is 2. The van der Waals surface area contributed by atoms with Gasteiger partial charge in [-0.05, 0) is 26.3 Å². The molecule has 3 unspecified atom stereocenters. The van der Waals surface area contributed by atoms with Crippen molar-refractivity contribution in [1.82, 2.24) is 10.2 Å². The molecule has 2 aliphatic rings. The molecule has 3 nitrogen and oxygen atoms in total. The topological polar surface area (TPSA) is 24.5 Å². The van der Waals surface area contributed by atoms with Gasteiger partial charge in [0.05, 0.1) is 12.2 Å². The van der Waals surface area contributed by atoms with Crippen molar-refractivity contribution in [2.75, 3.05) is 26.7 Å². The monoisotopic (exact) mass is 198 g/mol. The summed E-state index contributed by atoms with van der Waals surface area (Å²) in [4.78, 5) is 2.57. The summed E-state index contributed by atoms with van der Waals surface area (Å²) in [7, 11) is 2.06. The zero-order chi connectivity index (χ0) is 9.97. The summed E-state index contributed by atoms with van der Waals surface area (Å²) in [5.41, 5.74) is 0. The molecule has 2 heterocycles. The van der Waals surface area contributed by atoms with Crippen LogP contribution in [0.15, 0.2) is 0 Å². The lowest BCUT2D eigenvalue weighted by Crippen LogP contribution is -2.48. The first-order chi connectivity index (χ1) is 6.81. The van der Waals surface area contributed by atoms with Crippen LogP contribution < -0.4 is 5.32 Å². The third-order valence-electron chi connectivity index (χ3n) is 3.50. The largest absolute Gasteiger partial charge is 0.372 e. The molecule has 3 heteroatoms. The number of hydrogen-bond acceptors (Lipinski definition) is 3. The van der Waals surface area contributed by atoms with Gasteiger partial charge in [-0.2, -0.15) is 0 Å². The highest BCUT2D eigenvalue weighted by Gasteiger charge is 2.33. The summed E-state index contributed by atoms with van der Waals surface area (Å²) in [6.07, 6.45) is 4.82. The van der Waals surface area contributed by atoms with Crippen LogP contribution in [0.3, 0.4) is 0 Å². The van der Waals surface area contributed by atoms with Crippen LogP contribution in [0.5, 0.6) is 0 Å². The first-order valence-electron chi connectivity index (χ1n) is 5.87. The second-order valence-corrected chi connectivity index (χ2v) is 4.57. The van der Waals surface area contributed by atoms with Gasteiger partial charge in [0.1, 0.15) is 0 Å². The van der Waals surface area contributed by atoms with E-state index in [1.165, 1.54) is 25.8 Å². The molecule has 0 aromatic rings. The molecule has 2 aliphatic heterocycles. The number of likely N-dealkylation sites (N-methyl/N-ethyl adjacent to an activating group) is 1. The molecular formula is C11H22N2O. The number of nitrogens with one attached hydrogen (secondary N) is 1. The molecule has 0 aromatic heterocycles. The van der Waals surface area contributed by atoms with E-state index in [1.807, 2.05) is 0 Å². The molecule has 0 aliphatic carbocycles. The molecule has 2 bridgehead atoms. The van der Waals surface area contributed by atoms with Crippen molar-refractivity contribution in [1.29, 1.82) is 0 Å². The second-order valence-electron chi connectivity index (χ2n) is 4.57. The van der Waals surface area contributed by atoms with Crippen molar-refractivity contribution in [3.05, 3.63) is 0 Å². The van der Waals surface area contributed by atoms with Crippen molar-refractivity contribution >= 4 is 0 Å². The Morgan fingerprint density at radius 1 is 1.36 bits per heavy atom. The smallest absolute Gasteiger partial charge is 0.0707 e. The number of nitrogens with zero attached hydrogens (tertiary/aromatic N) is 1. The summed E-state index contributed by atoms with van der Waals surface area (Å²) in [6, 6.07) is 0.646. The van der Waals surface area contributed by atoms with Gasteiger partial charge in [0, 0.05) is 25.7 Å². The van der Waals surface area contributed by atoms with Crippen LogP contribution in [0.25, 0.3) is 0 Å². The van der Waals surface area contributed by atoms with Gasteiger partial charge in [-0.15, -0.1) is 0 Å². The Kier molecular flexibility index (Phi) is 3.42. The number of hydrogen-bond donors (Lipinski definition) is 1. The minimum Gasteiger partial charge on any atom is -0.372 e. The van der Waals surface area contributed by atoms with Crippen LogP contribution in [-0.2, 0) is 4.74 Å². The van der Waals surface area contributed by atoms with Crippen LogP contribution in [0.4, 0.5) is 0 Å². The van der Waals surface area contributed by atoms with Gasteiger partial charge >= 0.3 is 0 Å². The first-order valence-corrected chi connectivity index (χ1v) is 5.87. The van der Waals surface area contributed by atoms with Gasteiger partial charge in [-0.1, -0.05) is 6.92 Å². The molecule has 2 saturated heterocycles. The highest BCUT2D eigenvalue weighted by Crippen LogP contribution is 2.26. The lowest BCUT2D eigenvalue weighted by molar-refractivity contribution is -0.0405. The molecule has 2 fully saturated rings. The first kappa shape index (κ1) is 10.4. The third-order valence-corrected chi connectivity index (χ3v) is 3.50. The number of likely N-dealkylation sites (tertiary alicyclic amines) is 1. The van der Waals surface area contributed by atoms with Crippen LogP contribution in [-0.4, -0.2) is 49.8 Å². The Hall–Kier alpha value is -0.120. The van der Waals surface area contributed by atoms with Gasteiger partial charge in [0.2, 0.25) is 0 Å². The number of morpholine rings is 1. The summed E-state index contributed by atoms with van der Waals surface area (Å²) in [5, 5.41) is 3.37. The van der Waals surface area contributed by atoms with Crippen molar-refractivity contribution < 1.29 is 4.74 Å². The molecule has 0 aromatic carbocycles. The normalized spacial score (nSPS) is 34.7. The average Bonchev–Trinajstić information content (AvgIpc) is 2.55. The Labute approximate surface area is 86.8 Å². The van der Waals surface area contributed by atoms with Crippen LogP contribution in [0.1, 0.15) is 26.2 Å². The molecule has 0 amide bonds. The molecule has 82 valence electrons. The summed E-state index contributed by atoms with van der Waals surface area (Å²) >= 11 is 0. The maximum Gasteiger partial charge on any atom is 0.0707 e. The zero-order valence-corrected chi connectivity index (χ0v) is 9.33. The van der Waals surface area contributed by atoms with Crippen LogP contribution in [0, 0.1) is 0 Å². The van der Waals surface area contributed by atoms with Crippen molar-refractivity contribution in [2.45, 2.75) is 44.4 Å². The van der Waals surface area contributed by atoms with E-state index in [4.69, 9.17) is 4.74 Å². The fourth-order valence-electron chi connectivity index (χ4n) is 2.58. The zero-order valence-electron chi connectivity index (χ0n) is 9.33. The Morgan fingerprint density at radius 3 is 2.50 bits per heavy atom. The number of ether oxygens (including phenoxy) is 1. The van der Waals surface area contributed by atoms with E-state index >= 15 is 0 Å². The van der Waals surface area contributed by atoms with Gasteiger partial charge in [-0.25, -0.2) is 0 Å². The molecule has 0 radical (unpaired) electrons. The molecule has 1 N–H and O–H groups in total. The molecular weight excluding hydrogens is 176 g/mol. The highest BCUT2D eigenvalue weighted by atomic mass is 16.5. The van der Waals surface area contributed by atoms with Gasteiger partial charge in [-0.3, -0.25) is 4.90 Å². The molecule has 0 saturated carbocycles. The maximum absolute atomic E-state index is 5.81. The van der Waals surface area contributed by atoms with E-state index in [9.17, 15) is 0 Å². The van der Waals surface area contributed by atoms with Crippen LogP contribution >= 0.6 is 0 Å². The van der Waals surface area contributed by atoms with Gasteiger partial charge in [0.25, 0.3) is 0 Å². The molecule has 3 atom stereocenters. The van der Waals surface area contributed by atoms with Gasteiger partial charge in [0.15, 0.2) is 0 Å². The van der Waals surface area contributed by atoms with Crippen molar-refractivity contribution in [2.24, 2.45) is 0 Å². The second kappa shape index (κ2) is 4.60. The Bertz CT molecular complexity index is 170. The van der Waals surface area contributed by atoms with E-state index in [1.54, 1.807) is 0 Å². The third kappa shape index (κ3) is 2.27. The van der Waals surface area contributed by atoms with Crippen molar-refractivity contribution in [3.63, 3.8) is 0 Å². The quantitative estimate of drug-likeness (QED) is 0.725. The number of rotatable bonds is 4. The van der Waals surface area contributed by atoms with Crippen LogP contribution in [0.2, 0.25) is 0 Å². The minimum absolute atomic E-state index is 0.531. The van der Waals surface area contributed by atoms with Crippen molar-refractivity contribution in [3.8, 4) is 0 Å². The molecule has 14 heavy (non-hydrogen) atoms. The van der Waals surface area contributed by atoms with E-state index < -0.39 is 0 Å². The van der Waals surface area contributed by atoms with E-state index in [0.717, 1.165) is 13.1 Å². The summed E-state index contributed by atoms with van der Waals surface area (Å²) in [6.45, 7) is 5.73. The van der Waals surface area contributed by atoms with E-state index in [0.29, 0.717) is 18.2 Å². The molecule has 0 spiro atoms. The SMILES string of the molecule is CCC(CN1CC2CCC(C1)O2)NC. The maximum atomic E-state index is 5.81. The standard InChI is InChI=1S/C11H22N2O/c1-3-9(12-2)6-13-7-10-4-5-11(8-13)14-10/h9-12H,3-8H2,1-2H3. The molecule has 2 rings (SSSR count). The lowest BCUT2D eigenvalue weighted by atomic mass is 10.2. The lowest BCUT2D eigenvalue weighted by Gasteiger charge is -2.34. The Morgan fingerprint density at radius 2 is 2.00 bits per heavy atom. The minimum atomic E-state index is 0.531. The fraction of sp³-hybridized carbons (Fsp3) is 1.00. The Balaban J connectivity index is 1.81. The fourth-order valence-corrected chi connectivity index (χ4v) is 2.58. The summed E-state index contributed by atoms with van der Waals surface area (Å²) < 4.78 is 5.81. The highest BCUT2D eigenvalue weighted by molar-refractivity contribution is 4.86.